The number of rotatable bonds is 11. The van der Waals surface area contributed by atoms with Crippen LogP contribution in [0.25, 0.3) is 28.6 Å². The van der Waals surface area contributed by atoms with E-state index in [4.69, 9.17) is 4.74 Å². The van der Waals surface area contributed by atoms with Crippen LogP contribution in [0.2, 0.25) is 0 Å². The van der Waals surface area contributed by atoms with Gasteiger partial charge in [0, 0.05) is 11.1 Å². The number of anilines is 1. The number of tetrazole rings is 1. The number of hydrogen-bond acceptors (Lipinski definition) is 5. The lowest BCUT2D eigenvalue weighted by molar-refractivity contribution is -0.115. The average Bonchev–Trinajstić information content (AvgIpc) is 3.53. The van der Waals surface area contributed by atoms with E-state index >= 15 is 0 Å². The minimum absolute atomic E-state index is 0.107. The van der Waals surface area contributed by atoms with Crippen molar-refractivity contribution in [2.24, 2.45) is 0 Å². The first-order chi connectivity index (χ1) is 20.1. The monoisotopic (exact) mass is 543 g/mol. The number of benzene rings is 4. The lowest BCUT2D eigenvalue weighted by Crippen LogP contribution is -2.16. The van der Waals surface area contributed by atoms with Gasteiger partial charge < -0.3 is 10.1 Å². The van der Waals surface area contributed by atoms with Gasteiger partial charge in [-0.15, -0.1) is 10.2 Å². The van der Waals surface area contributed by atoms with Crippen molar-refractivity contribution in [3.8, 4) is 28.3 Å². The molecule has 2 N–H and O–H groups in total. The number of allylic oxidation sites excluding steroid dienone is 1. The highest BCUT2D eigenvalue weighted by Gasteiger charge is 2.18. The zero-order chi connectivity index (χ0) is 28.4. The number of aryl methyl sites for hydroxylation is 1. The molecule has 0 saturated heterocycles. The van der Waals surface area contributed by atoms with Gasteiger partial charge in [0.2, 0.25) is 11.7 Å². The number of nitrogens with zero attached hydrogens (tertiary/aromatic N) is 3. The second-order valence-electron chi connectivity index (χ2n) is 9.87. The molecule has 7 heteroatoms. The topological polar surface area (TPSA) is 92.8 Å². The van der Waals surface area contributed by atoms with E-state index in [9.17, 15) is 4.79 Å². The Morgan fingerprint density at radius 1 is 0.951 bits per heavy atom. The average molecular weight is 544 g/mol. The summed E-state index contributed by atoms with van der Waals surface area (Å²) in [6.07, 6.45) is 5.95. The Morgan fingerprint density at radius 3 is 2.44 bits per heavy atom. The fraction of sp³-hybridized carbons (Fsp3) is 0.176. The van der Waals surface area contributed by atoms with Crippen LogP contribution >= 0.6 is 0 Å². The number of ether oxygens (including phenoxy) is 1. The van der Waals surface area contributed by atoms with Crippen LogP contribution in [0.3, 0.4) is 0 Å². The maximum atomic E-state index is 13.3. The highest BCUT2D eigenvalue weighted by Crippen LogP contribution is 2.38. The molecule has 1 heterocycles. The van der Waals surface area contributed by atoms with E-state index in [-0.39, 0.29) is 12.3 Å². The van der Waals surface area contributed by atoms with E-state index < -0.39 is 0 Å². The largest absolute Gasteiger partial charge is 0.491 e. The van der Waals surface area contributed by atoms with Crippen LogP contribution in [-0.2, 0) is 17.6 Å². The first-order valence-corrected chi connectivity index (χ1v) is 13.8. The number of carbonyl (C=O) groups excluding carboxylic acids is 1. The quantitative estimate of drug-likeness (QED) is 0.186. The van der Waals surface area contributed by atoms with E-state index in [1.165, 1.54) is 0 Å². The molecule has 41 heavy (non-hydrogen) atoms. The molecule has 4 aromatic carbocycles. The van der Waals surface area contributed by atoms with Crippen LogP contribution in [-0.4, -0.2) is 33.1 Å². The van der Waals surface area contributed by atoms with E-state index in [1.54, 1.807) is 0 Å². The Bertz CT molecular complexity index is 1610. The first-order valence-electron chi connectivity index (χ1n) is 13.8. The van der Waals surface area contributed by atoms with Crippen LogP contribution in [0.1, 0.15) is 35.6 Å². The lowest BCUT2D eigenvalue weighted by Gasteiger charge is -2.19. The fourth-order valence-electron chi connectivity index (χ4n) is 4.64. The van der Waals surface area contributed by atoms with Gasteiger partial charge in [0.15, 0.2) is 0 Å². The van der Waals surface area contributed by atoms with E-state index in [1.807, 2.05) is 79.7 Å². The molecule has 206 valence electrons. The smallest absolute Gasteiger partial charge is 0.228 e. The van der Waals surface area contributed by atoms with Crippen LogP contribution < -0.4 is 10.1 Å². The molecular weight excluding hydrogens is 510 g/mol. The van der Waals surface area contributed by atoms with Gasteiger partial charge in [-0.05, 0) is 59.4 Å². The van der Waals surface area contributed by atoms with Crippen molar-refractivity contribution in [3.05, 3.63) is 119 Å². The summed E-state index contributed by atoms with van der Waals surface area (Å²) >= 11 is 0. The van der Waals surface area contributed by atoms with Crippen molar-refractivity contribution >= 4 is 17.7 Å². The predicted molar refractivity (Wildman–Crippen MR) is 164 cm³/mol. The zero-order valence-corrected chi connectivity index (χ0v) is 23.3. The number of H-pyrrole nitrogens is 1. The van der Waals surface area contributed by atoms with Gasteiger partial charge in [0.05, 0.1) is 18.7 Å². The molecule has 1 aromatic heterocycles. The number of aromatic amines is 1. The molecule has 0 radical (unpaired) electrons. The van der Waals surface area contributed by atoms with Crippen LogP contribution in [0.15, 0.2) is 97.1 Å². The Hall–Kier alpha value is -5.04. The van der Waals surface area contributed by atoms with Gasteiger partial charge in [-0.25, -0.2) is 0 Å². The predicted octanol–water partition coefficient (Wildman–Crippen LogP) is 7.07. The molecule has 1 amide bonds. The second-order valence-corrected chi connectivity index (χ2v) is 9.87. The van der Waals surface area contributed by atoms with Crippen molar-refractivity contribution in [2.45, 2.75) is 33.1 Å². The number of carbonyl (C=O) groups is 1. The summed E-state index contributed by atoms with van der Waals surface area (Å²) < 4.78 is 6.29. The zero-order valence-electron chi connectivity index (χ0n) is 23.3. The van der Waals surface area contributed by atoms with Gasteiger partial charge >= 0.3 is 0 Å². The van der Waals surface area contributed by atoms with Gasteiger partial charge in [0.1, 0.15) is 5.75 Å². The Balaban J connectivity index is 1.56. The van der Waals surface area contributed by atoms with Gasteiger partial charge in [0.25, 0.3) is 0 Å². The van der Waals surface area contributed by atoms with Crippen LogP contribution in [0.5, 0.6) is 5.75 Å². The molecule has 0 atom stereocenters. The molecule has 0 saturated carbocycles. The maximum Gasteiger partial charge on any atom is 0.228 e. The summed E-state index contributed by atoms with van der Waals surface area (Å²) in [7, 11) is 0. The highest BCUT2D eigenvalue weighted by atomic mass is 16.5. The van der Waals surface area contributed by atoms with Crippen molar-refractivity contribution in [2.75, 3.05) is 11.9 Å². The minimum Gasteiger partial charge on any atom is -0.491 e. The van der Waals surface area contributed by atoms with Gasteiger partial charge in [-0.3, -0.25) is 4.79 Å². The maximum absolute atomic E-state index is 13.3. The van der Waals surface area contributed by atoms with Crippen molar-refractivity contribution in [1.82, 2.24) is 20.6 Å². The fourth-order valence-corrected chi connectivity index (χ4v) is 4.64. The molecule has 0 spiro atoms. The van der Waals surface area contributed by atoms with E-state index in [0.29, 0.717) is 30.3 Å². The number of nitrogens with one attached hydrogen (secondary N) is 2. The van der Waals surface area contributed by atoms with Gasteiger partial charge in [-0.2, -0.15) is 5.21 Å². The molecule has 0 aliphatic rings. The molecule has 0 fully saturated rings. The van der Waals surface area contributed by atoms with Crippen LogP contribution in [0, 0.1) is 6.92 Å². The molecule has 5 rings (SSSR count). The number of hydrogen-bond donors (Lipinski definition) is 2. The van der Waals surface area contributed by atoms with E-state index in [0.717, 1.165) is 45.4 Å². The SMILES string of the molecule is CCCOc1c(C/C=C/c2ccccc2)cc(-c2ccccc2-c2nn[nH]n2)cc1NC(=O)Cc1ccc(C)cc1. The third kappa shape index (κ3) is 7.13. The van der Waals surface area contributed by atoms with Crippen molar-refractivity contribution in [3.63, 3.8) is 0 Å². The number of aromatic nitrogens is 4. The summed E-state index contributed by atoms with van der Waals surface area (Å²) in [6.45, 7) is 4.64. The summed E-state index contributed by atoms with van der Waals surface area (Å²) in [4.78, 5) is 13.3. The molecule has 0 bridgehead atoms. The Labute approximate surface area is 240 Å². The summed E-state index contributed by atoms with van der Waals surface area (Å²) in [5.41, 5.74) is 7.52. The summed E-state index contributed by atoms with van der Waals surface area (Å²) in [5, 5.41) is 17.9. The van der Waals surface area contributed by atoms with Crippen molar-refractivity contribution < 1.29 is 9.53 Å². The molecule has 5 aromatic rings. The van der Waals surface area contributed by atoms with Gasteiger partial charge in [-0.1, -0.05) is 104 Å². The third-order valence-electron chi connectivity index (χ3n) is 6.65. The van der Waals surface area contributed by atoms with Crippen LogP contribution in [0.4, 0.5) is 5.69 Å². The highest BCUT2D eigenvalue weighted by molar-refractivity contribution is 5.95. The molecule has 0 unspecified atom stereocenters. The standard InChI is InChI=1S/C34H33N5O2/c1-3-20-41-33-27(13-9-12-25-10-5-4-6-11-25)22-28(29-14-7-8-15-30(29)34-36-38-39-37-34)23-31(33)35-32(40)21-26-18-16-24(2)17-19-26/h4-12,14-19,22-23H,3,13,20-21H2,1-2H3,(H,35,40)(H,36,37,38,39)/b12-9+. The number of amides is 1. The van der Waals surface area contributed by atoms with E-state index in [2.05, 4.69) is 63.2 Å². The summed E-state index contributed by atoms with van der Waals surface area (Å²) in [5.74, 6) is 1.08. The molecule has 7 nitrogen and oxygen atoms in total. The van der Waals surface area contributed by atoms with Crippen molar-refractivity contribution in [1.29, 1.82) is 0 Å². The lowest BCUT2D eigenvalue weighted by atomic mass is 9.95. The normalized spacial score (nSPS) is 11.1. The summed E-state index contributed by atoms with van der Waals surface area (Å²) in [6, 6.07) is 30.2. The Morgan fingerprint density at radius 2 is 1.71 bits per heavy atom. The third-order valence-corrected chi connectivity index (χ3v) is 6.65. The molecule has 0 aliphatic heterocycles. The Kier molecular flexibility index (Phi) is 8.96. The molecular formula is C34H33N5O2. The second kappa shape index (κ2) is 13.3. The molecule has 0 aliphatic carbocycles. The minimum atomic E-state index is -0.107. The first kappa shape index (κ1) is 27.5.